The molecule has 148 valence electrons. The van der Waals surface area contributed by atoms with Gasteiger partial charge in [-0.15, -0.1) is 0 Å². The van der Waals surface area contributed by atoms with Crippen molar-refractivity contribution in [2.24, 2.45) is 5.92 Å². The topological polar surface area (TPSA) is 67.9 Å². The molecule has 0 unspecified atom stereocenters. The van der Waals surface area contributed by atoms with Gasteiger partial charge < -0.3 is 14.8 Å². The minimum absolute atomic E-state index is 0.119. The van der Waals surface area contributed by atoms with E-state index < -0.39 is 11.8 Å². The molecular weight excluding hydrogens is 344 g/mol. The first-order chi connectivity index (χ1) is 13.0. The highest BCUT2D eigenvalue weighted by Gasteiger charge is 2.54. The third-order valence-electron chi connectivity index (χ3n) is 5.69. The van der Waals surface area contributed by atoms with Gasteiger partial charge in [-0.1, -0.05) is 31.5 Å². The maximum atomic E-state index is 13.5. The lowest BCUT2D eigenvalue weighted by atomic mass is 9.82. The first-order valence-electron chi connectivity index (χ1n) is 9.78. The Morgan fingerprint density at radius 2 is 2.15 bits per heavy atom. The number of aryl methyl sites for hydroxylation is 1. The Morgan fingerprint density at radius 1 is 1.37 bits per heavy atom. The van der Waals surface area contributed by atoms with Gasteiger partial charge in [0, 0.05) is 19.2 Å². The fourth-order valence-corrected chi connectivity index (χ4v) is 4.34. The Balaban J connectivity index is 1.91. The molecule has 1 aromatic rings. The number of rotatable bonds is 5. The van der Waals surface area contributed by atoms with Crippen LogP contribution < -0.4 is 5.32 Å². The summed E-state index contributed by atoms with van der Waals surface area (Å²) in [4.78, 5) is 28.1. The van der Waals surface area contributed by atoms with Crippen molar-refractivity contribution >= 4 is 11.8 Å². The molecule has 27 heavy (non-hydrogen) atoms. The summed E-state index contributed by atoms with van der Waals surface area (Å²) >= 11 is 0. The predicted octanol–water partition coefficient (Wildman–Crippen LogP) is 2.51. The molecule has 1 aromatic carbocycles. The van der Waals surface area contributed by atoms with E-state index in [1.165, 1.54) is 0 Å². The van der Waals surface area contributed by atoms with Crippen molar-refractivity contribution < 1.29 is 19.1 Å². The van der Waals surface area contributed by atoms with Crippen LogP contribution in [-0.2, 0) is 14.3 Å². The van der Waals surface area contributed by atoms with Crippen molar-refractivity contribution in [1.29, 1.82) is 0 Å². The summed E-state index contributed by atoms with van der Waals surface area (Å²) < 4.78 is 11.2. The lowest BCUT2D eigenvalue weighted by molar-refractivity contribution is -0.128. The number of nitrogens with one attached hydrogen (secondary N) is 1. The van der Waals surface area contributed by atoms with Crippen LogP contribution in [0.1, 0.15) is 48.5 Å². The van der Waals surface area contributed by atoms with Gasteiger partial charge in [-0.25, -0.2) is 0 Å². The second kappa shape index (κ2) is 8.40. The standard InChI is InChI=1S/C21H30N2O4/c1-15-7-6-10-21(13-15)23(20(25)17-9-5-4-8-16(17)2)18(14-27-21)19(24)22-11-12-26-3/h4-5,8-9,15,18H,6-7,10-14H2,1-3H3,(H,22,24)/t15-,18-,21+/m0/s1. The second-order valence-electron chi connectivity index (χ2n) is 7.75. The molecule has 1 heterocycles. The summed E-state index contributed by atoms with van der Waals surface area (Å²) in [5.41, 5.74) is 0.863. The highest BCUT2D eigenvalue weighted by molar-refractivity contribution is 5.99. The van der Waals surface area contributed by atoms with Crippen LogP contribution in [0.2, 0.25) is 0 Å². The third kappa shape index (κ3) is 4.01. The zero-order chi connectivity index (χ0) is 19.4. The number of amides is 2. The van der Waals surface area contributed by atoms with Gasteiger partial charge in [0.1, 0.15) is 11.8 Å². The van der Waals surface area contributed by atoms with Crippen LogP contribution in [0.4, 0.5) is 0 Å². The van der Waals surface area contributed by atoms with E-state index in [0.717, 1.165) is 31.2 Å². The van der Waals surface area contributed by atoms with Crippen LogP contribution in [0.5, 0.6) is 0 Å². The monoisotopic (exact) mass is 374 g/mol. The number of carbonyl (C=O) groups excluding carboxylic acids is 2. The highest BCUT2D eigenvalue weighted by Crippen LogP contribution is 2.43. The van der Waals surface area contributed by atoms with Gasteiger partial charge in [0.25, 0.3) is 5.91 Å². The number of benzene rings is 1. The van der Waals surface area contributed by atoms with Gasteiger partial charge >= 0.3 is 0 Å². The summed E-state index contributed by atoms with van der Waals surface area (Å²) in [6.45, 7) is 5.21. The molecule has 1 N–H and O–H groups in total. The summed E-state index contributed by atoms with van der Waals surface area (Å²) in [6.07, 6.45) is 3.67. The molecule has 3 rings (SSSR count). The molecule has 1 saturated heterocycles. The molecule has 0 bridgehead atoms. The maximum Gasteiger partial charge on any atom is 0.257 e. The third-order valence-corrected chi connectivity index (χ3v) is 5.69. The van der Waals surface area contributed by atoms with Crippen molar-refractivity contribution in [3.8, 4) is 0 Å². The Bertz CT molecular complexity index is 693. The van der Waals surface area contributed by atoms with Crippen LogP contribution in [-0.4, -0.2) is 55.3 Å². The highest BCUT2D eigenvalue weighted by atomic mass is 16.5. The minimum Gasteiger partial charge on any atom is -0.383 e. The molecule has 1 spiro atoms. The molecule has 3 atom stereocenters. The number of nitrogens with zero attached hydrogens (tertiary/aromatic N) is 1. The van der Waals surface area contributed by atoms with E-state index in [1.807, 2.05) is 31.2 Å². The van der Waals surface area contributed by atoms with E-state index >= 15 is 0 Å². The van der Waals surface area contributed by atoms with Crippen molar-refractivity contribution in [2.75, 3.05) is 26.9 Å². The average Bonchev–Trinajstić information content (AvgIpc) is 3.00. The van der Waals surface area contributed by atoms with E-state index in [2.05, 4.69) is 12.2 Å². The Labute approximate surface area is 161 Å². The zero-order valence-corrected chi connectivity index (χ0v) is 16.5. The second-order valence-corrected chi connectivity index (χ2v) is 7.75. The van der Waals surface area contributed by atoms with Gasteiger partial charge in [0.05, 0.1) is 13.2 Å². The SMILES string of the molecule is COCCNC(=O)[C@@H]1CO[C@@]2(CCC[C@H](C)C2)N1C(=O)c1ccccc1C. The smallest absolute Gasteiger partial charge is 0.257 e. The first-order valence-corrected chi connectivity index (χ1v) is 9.78. The lowest BCUT2D eigenvalue weighted by Crippen LogP contribution is -2.57. The van der Waals surface area contributed by atoms with Crippen molar-refractivity contribution in [1.82, 2.24) is 10.2 Å². The molecule has 6 nitrogen and oxygen atoms in total. The molecule has 2 aliphatic rings. The first kappa shape index (κ1) is 19.8. The molecule has 1 aliphatic heterocycles. The van der Waals surface area contributed by atoms with E-state index in [9.17, 15) is 9.59 Å². The molecule has 2 amide bonds. The molecule has 0 aromatic heterocycles. The van der Waals surface area contributed by atoms with E-state index in [0.29, 0.717) is 24.6 Å². The number of ether oxygens (including phenoxy) is 2. The van der Waals surface area contributed by atoms with Gasteiger partial charge in [-0.2, -0.15) is 0 Å². The van der Waals surface area contributed by atoms with Crippen LogP contribution >= 0.6 is 0 Å². The Hall–Kier alpha value is -1.92. The summed E-state index contributed by atoms with van der Waals surface area (Å²) in [5.74, 6) is 0.164. The van der Waals surface area contributed by atoms with Crippen LogP contribution in [0.15, 0.2) is 24.3 Å². The van der Waals surface area contributed by atoms with Crippen LogP contribution in [0, 0.1) is 12.8 Å². The van der Waals surface area contributed by atoms with Gasteiger partial charge in [-0.3, -0.25) is 14.5 Å². The van der Waals surface area contributed by atoms with E-state index in [1.54, 1.807) is 12.0 Å². The quantitative estimate of drug-likeness (QED) is 0.804. The molecule has 1 saturated carbocycles. The maximum absolute atomic E-state index is 13.5. The van der Waals surface area contributed by atoms with Crippen molar-refractivity contribution in [3.63, 3.8) is 0 Å². The number of methoxy groups -OCH3 is 1. The minimum atomic E-state index is -0.680. The Kier molecular flexibility index (Phi) is 6.17. The zero-order valence-electron chi connectivity index (χ0n) is 16.5. The molecular formula is C21H30N2O4. The van der Waals surface area contributed by atoms with Crippen LogP contribution in [0.3, 0.4) is 0 Å². The number of carbonyl (C=O) groups is 2. The molecule has 2 fully saturated rings. The van der Waals surface area contributed by atoms with Crippen molar-refractivity contribution in [2.45, 2.75) is 51.3 Å². The summed E-state index contributed by atoms with van der Waals surface area (Å²) in [5, 5.41) is 2.87. The average molecular weight is 374 g/mol. The summed E-state index contributed by atoms with van der Waals surface area (Å²) in [6, 6.07) is 6.92. The van der Waals surface area contributed by atoms with E-state index in [-0.39, 0.29) is 18.4 Å². The molecule has 1 aliphatic carbocycles. The normalized spacial score (nSPS) is 27.7. The fraction of sp³-hybridized carbons (Fsp3) is 0.619. The van der Waals surface area contributed by atoms with Gasteiger partial charge in [-0.05, 0) is 43.7 Å². The molecule has 6 heteroatoms. The van der Waals surface area contributed by atoms with Crippen LogP contribution in [0.25, 0.3) is 0 Å². The largest absolute Gasteiger partial charge is 0.383 e. The van der Waals surface area contributed by atoms with E-state index in [4.69, 9.17) is 9.47 Å². The number of hydrogen-bond acceptors (Lipinski definition) is 4. The summed E-state index contributed by atoms with van der Waals surface area (Å²) in [7, 11) is 1.59. The van der Waals surface area contributed by atoms with Crippen molar-refractivity contribution in [3.05, 3.63) is 35.4 Å². The molecule has 0 radical (unpaired) electrons. The van der Waals surface area contributed by atoms with Gasteiger partial charge in [0.2, 0.25) is 5.91 Å². The predicted molar refractivity (Wildman–Crippen MR) is 102 cm³/mol. The fourth-order valence-electron chi connectivity index (χ4n) is 4.34. The van der Waals surface area contributed by atoms with Gasteiger partial charge in [0.15, 0.2) is 0 Å². The lowest BCUT2D eigenvalue weighted by Gasteiger charge is -2.43. The Morgan fingerprint density at radius 3 is 2.85 bits per heavy atom. The number of hydrogen-bond donors (Lipinski definition) is 1.